The Bertz CT molecular complexity index is 245. The van der Waals surface area contributed by atoms with Crippen molar-refractivity contribution in [1.82, 2.24) is 10.2 Å². The van der Waals surface area contributed by atoms with Gasteiger partial charge < -0.3 is 15.2 Å². The number of ether oxygens (including phenoxy) is 1. The van der Waals surface area contributed by atoms with Gasteiger partial charge in [0.1, 0.15) is 0 Å². The third-order valence-corrected chi connectivity index (χ3v) is 2.49. The first-order valence-corrected chi connectivity index (χ1v) is 5.54. The fraction of sp³-hybridized carbons (Fsp3) is 0.727. The molecule has 92 valence electrons. The highest BCUT2D eigenvalue weighted by atomic mass is 16.5. The smallest absolute Gasteiger partial charge is 0.243 e. The molecule has 1 amide bonds. The summed E-state index contributed by atoms with van der Waals surface area (Å²) >= 11 is 0. The van der Waals surface area contributed by atoms with E-state index < -0.39 is 6.10 Å². The van der Waals surface area contributed by atoms with E-state index in [1.54, 1.807) is 0 Å². The second kappa shape index (κ2) is 6.62. The van der Waals surface area contributed by atoms with Gasteiger partial charge in [0, 0.05) is 26.2 Å². The number of hydrogen-bond acceptors (Lipinski definition) is 4. The maximum atomic E-state index is 10.9. The zero-order valence-electron chi connectivity index (χ0n) is 9.69. The van der Waals surface area contributed by atoms with E-state index in [1.165, 1.54) is 6.08 Å². The first-order chi connectivity index (χ1) is 7.61. The lowest BCUT2D eigenvalue weighted by Crippen LogP contribution is -2.46. The van der Waals surface area contributed by atoms with Crippen LogP contribution in [0.4, 0.5) is 0 Å². The van der Waals surface area contributed by atoms with Crippen LogP contribution < -0.4 is 5.32 Å². The number of rotatable bonds is 5. The molecule has 0 spiro atoms. The number of amides is 1. The average molecular weight is 228 g/mol. The summed E-state index contributed by atoms with van der Waals surface area (Å²) in [5.41, 5.74) is 0. The largest absolute Gasteiger partial charge is 0.390 e. The van der Waals surface area contributed by atoms with Crippen molar-refractivity contribution >= 4 is 5.91 Å². The van der Waals surface area contributed by atoms with Crippen LogP contribution in [0.25, 0.3) is 0 Å². The van der Waals surface area contributed by atoms with Crippen molar-refractivity contribution in [3.05, 3.63) is 12.7 Å². The van der Waals surface area contributed by atoms with Crippen LogP contribution in [-0.4, -0.2) is 60.9 Å². The van der Waals surface area contributed by atoms with Crippen LogP contribution in [0.5, 0.6) is 0 Å². The second-order valence-corrected chi connectivity index (χ2v) is 4.04. The van der Waals surface area contributed by atoms with Crippen molar-refractivity contribution in [3.8, 4) is 0 Å². The Balaban J connectivity index is 2.19. The molecule has 2 unspecified atom stereocenters. The van der Waals surface area contributed by atoms with Gasteiger partial charge in [0.2, 0.25) is 5.91 Å². The first kappa shape index (κ1) is 13.2. The van der Waals surface area contributed by atoms with Gasteiger partial charge >= 0.3 is 0 Å². The lowest BCUT2D eigenvalue weighted by atomic mass is 10.2. The lowest BCUT2D eigenvalue weighted by molar-refractivity contribution is -0.117. The van der Waals surface area contributed by atoms with E-state index in [4.69, 9.17) is 4.74 Å². The van der Waals surface area contributed by atoms with Gasteiger partial charge in [-0.15, -0.1) is 0 Å². The quantitative estimate of drug-likeness (QED) is 0.615. The number of nitrogens with one attached hydrogen (secondary N) is 1. The Hall–Kier alpha value is -0.910. The third-order valence-electron chi connectivity index (χ3n) is 2.49. The molecule has 0 aliphatic carbocycles. The van der Waals surface area contributed by atoms with Crippen molar-refractivity contribution < 1.29 is 14.6 Å². The fourth-order valence-electron chi connectivity index (χ4n) is 1.71. The molecule has 0 aromatic rings. The van der Waals surface area contributed by atoms with E-state index in [2.05, 4.69) is 16.8 Å². The van der Waals surface area contributed by atoms with Gasteiger partial charge in [0.15, 0.2) is 0 Å². The lowest BCUT2D eigenvalue weighted by Gasteiger charge is -2.32. The summed E-state index contributed by atoms with van der Waals surface area (Å²) in [5, 5.41) is 12.3. The van der Waals surface area contributed by atoms with Gasteiger partial charge in [0.25, 0.3) is 0 Å². The Labute approximate surface area is 96.1 Å². The fourth-order valence-corrected chi connectivity index (χ4v) is 1.71. The van der Waals surface area contributed by atoms with Crippen molar-refractivity contribution in [2.75, 3.05) is 32.8 Å². The topological polar surface area (TPSA) is 61.8 Å². The summed E-state index contributed by atoms with van der Waals surface area (Å²) in [6.45, 7) is 8.53. The average Bonchev–Trinajstić information content (AvgIpc) is 2.26. The van der Waals surface area contributed by atoms with Crippen LogP contribution in [0.3, 0.4) is 0 Å². The van der Waals surface area contributed by atoms with Crippen molar-refractivity contribution in [3.63, 3.8) is 0 Å². The van der Waals surface area contributed by atoms with Gasteiger partial charge in [-0.2, -0.15) is 0 Å². The highest BCUT2D eigenvalue weighted by Gasteiger charge is 2.19. The van der Waals surface area contributed by atoms with Crippen LogP contribution in [0.1, 0.15) is 6.92 Å². The van der Waals surface area contributed by atoms with Crippen molar-refractivity contribution in [2.24, 2.45) is 0 Å². The number of carbonyl (C=O) groups excluding carboxylic acids is 1. The number of carbonyl (C=O) groups is 1. The van der Waals surface area contributed by atoms with E-state index in [-0.39, 0.29) is 18.6 Å². The number of hydrogen-bond donors (Lipinski definition) is 2. The normalized spacial score (nSPS) is 23.8. The zero-order chi connectivity index (χ0) is 12.0. The number of nitrogens with zero attached hydrogens (tertiary/aromatic N) is 1. The Morgan fingerprint density at radius 1 is 1.81 bits per heavy atom. The minimum Gasteiger partial charge on any atom is -0.390 e. The van der Waals surface area contributed by atoms with Gasteiger partial charge in [0.05, 0.1) is 18.8 Å². The molecule has 16 heavy (non-hydrogen) atoms. The Kier molecular flexibility index (Phi) is 5.45. The third kappa shape index (κ3) is 4.74. The maximum Gasteiger partial charge on any atom is 0.243 e. The van der Waals surface area contributed by atoms with Crippen LogP contribution in [0.2, 0.25) is 0 Å². The molecule has 0 bridgehead atoms. The van der Waals surface area contributed by atoms with E-state index in [0.717, 1.165) is 13.1 Å². The summed E-state index contributed by atoms with van der Waals surface area (Å²) in [4.78, 5) is 13.0. The zero-order valence-corrected chi connectivity index (χ0v) is 9.69. The van der Waals surface area contributed by atoms with Crippen molar-refractivity contribution in [1.29, 1.82) is 0 Å². The molecule has 5 nitrogen and oxygen atoms in total. The van der Waals surface area contributed by atoms with E-state index in [1.807, 2.05) is 6.92 Å². The molecule has 0 saturated carbocycles. The SMILES string of the molecule is C=CC(=O)NCC(O)CN1CCOC(C)C1. The highest BCUT2D eigenvalue weighted by Crippen LogP contribution is 2.04. The monoisotopic (exact) mass is 228 g/mol. The summed E-state index contributed by atoms with van der Waals surface area (Å²) in [6.07, 6.45) is 0.863. The predicted octanol–water partition coefficient (Wildman–Crippen LogP) is -0.630. The molecule has 2 N–H and O–H groups in total. The molecule has 1 aliphatic heterocycles. The molecule has 1 rings (SSSR count). The maximum absolute atomic E-state index is 10.9. The molecular weight excluding hydrogens is 208 g/mol. The van der Waals surface area contributed by atoms with Crippen molar-refractivity contribution in [2.45, 2.75) is 19.1 Å². The summed E-state index contributed by atoms with van der Waals surface area (Å²) in [5.74, 6) is -0.255. The Morgan fingerprint density at radius 2 is 2.56 bits per heavy atom. The summed E-state index contributed by atoms with van der Waals surface area (Å²) in [7, 11) is 0. The molecule has 0 aromatic heterocycles. The molecule has 0 aromatic carbocycles. The molecule has 1 aliphatic rings. The molecule has 1 fully saturated rings. The number of morpholine rings is 1. The molecule has 1 heterocycles. The summed E-state index contributed by atoms with van der Waals surface area (Å²) in [6, 6.07) is 0. The van der Waals surface area contributed by atoms with Crippen LogP contribution in [0.15, 0.2) is 12.7 Å². The van der Waals surface area contributed by atoms with Crippen LogP contribution >= 0.6 is 0 Å². The molecule has 2 atom stereocenters. The second-order valence-electron chi connectivity index (χ2n) is 4.04. The molecule has 5 heteroatoms. The molecule has 1 saturated heterocycles. The van der Waals surface area contributed by atoms with E-state index >= 15 is 0 Å². The number of aliphatic hydroxyl groups is 1. The highest BCUT2D eigenvalue weighted by molar-refractivity contribution is 5.86. The first-order valence-electron chi connectivity index (χ1n) is 5.54. The van der Waals surface area contributed by atoms with Crippen LogP contribution in [-0.2, 0) is 9.53 Å². The molecule has 0 radical (unpaired) electrons. The standard InChI is InChI=1S/C11H20N2O3/c1-3-11(15)12-6-10(14)8-13-4-5-16-9(2)7-13/h3,9-10,14H,1,4-8H2,2H3,(H,12,15). The van der Waals surface area contributed by atoms with E-state index in [0.29, 0.717) is 13.2 Å². The minimum atomic E-state index is -0.547. The molecular formula is C11H20N2O3. The summed E-state index contributed by atoms with van der Waals surface area (Å²) < 4.78 is 5.40. The van der Waals surface area contributed by atoms with Crippen LogP contribution in [0, 0.1) is 0 Å². The number of aliphatic hydroxyl groups excluding tert-OH is 1. The van der Waals surface area contributed by atoms with Gasteiger partial charge in [-0.1, -0.05) is 6.58 Å². The van der Waals surface area contributed by atoms with Gasteiger partial charge in [-0.3, -0.25) is 9.69 Å². The minimum absolute atomic E-state index is 0.212. The van der Waals surface area contributed by atoms with Gasteiger partial charge in [-0.25, -0.2) is 0 Å². The van der Waals surface area contributed by atoms with E-state index in [9.17, 15) is 9.90 Å². The number of β-amino-alcohol motifs (C(OH)–C–C–N with tert-alkyl or cyclic N) is 1. The predicted molar refractivity (Wildman–Crippen MR) is 61.1 cm³/mol. The van der Waals surface area contributed by atoms with Gasteiger partial charge in [-0.05, 0) is 13.0 Å². The Morgan fingerprint density at radius 3 is 3.19 bits per heavy atom.